The summed E-state index contributed by atoms with van der Waals surface area (Å²) < 4.78 is 0. The molecular weight excluding hydrogens is 100 g/mol. The van der Waals surface area contributed by atoms with Crippen LogP contribution in [0.25, 0.3) is 0 Å². The standard InChI is InChI=1S/C6H12N2/c1-6(8-3)4-5-7-2/h4,7H,3,5H2,1-2H3/b6-4-. The molecule has 0 fully saturated rings. The first-order valence-electron chi connectivity index (χ1n) is 2.59. The molecule has 1 N–H and O–H groups in total. The maximum absolute atomic E-state index is 3.70. The predicted octanol–water partition coefficient (Wildman–Crippen LogP) is 0.810. The van der Waals surface area contributed by atoms with Gasteiger partial charge in [0.2, 0.25) is 0 Å². The number of likely N-dealkylation sites (N-methyl/N-ethyl adjacent to an activating group) is 1. The first-order valence-corrected chi connectivity index (χ1v) is 2.59. The predicted molar refractivity (Wildman–Crippen MR) is 37.2 cm³/mol. The van der Waals surface area contributed by atoms with E-state index >= 15 is 0 Å². The summed E-state index contributed by atoms with van der Waals surface area (Å²) in [5.74, 6) is 0. The fourth-order valence-electron chi connectivity index (χ4n) is 0.314. The van der Waals surface area contributed by atoms with Crippen LogP contribution < -0.4 is 5.32 Å². The Morgan fingerprint density at radius 2 is 2.50 bits per heavy atom. The van der Waals surface area contributed by atoms with Crippen molar-refractivity contribution >= 4 is 6.72 Å². The number of allylic oxidation sites excluding steroid dienone is 1. The van der Waals surface area contributed by atoms with Crippen molar-refractivity contribution in [3.63, 3.8) is 0 Å². The van der Waals surface area contributed by atoms with Crippen LogP contribution in [0.1, 0.15) is 6.92 Å². The van der Waals surface area contributed by atoms with Gasteiger partial charge in [-0.15, -0.1) is 0 Å². The summed E-state index contributed by atoms with van der Waals surface area (Å²) in [7, 11) is 1.90. The number of hydrogen-bond acceptors (Lipinski definition) is 2. The minimum absolute atomic E-state index is 0.866. The molecule has 0 saturated heterocycles. The van der Waals surface area contributed by atoms with Crippen LogP contribution in [0.4, 0.5) is 0 Å². The van der Waals surface area contributed by atoms with Crippen LogP contribution >= 0.6 is 0 Å². The molecule has 0 aromatic carbocycles. The summed E-state index contributed by atoms with van der Waals surface area (Å²) in [6, 6.07) is 0. The van der Waals surface area contributed by atoms with Gasteiger partial charge in [-0.3, -0.25) is 4.99 Å². The number of hydrogen-bond donors (Lipinski definition) is 1. The molecule has 0 spiro atoms. The van der Waals surface area contributed by atoms with Gasteiger partial charge < -0.3 is 5.32 Å². The van der Waals surface area contributed by atoms with Crippen molar-refractivity contribution < 1.29 is 0 Å². The van der Waals surface area contributed by atoms with E-state index in [2.05, 4.69) is 17.0 Å². The van der Waals surface area contributed by atoms with Gasteiger partial charge in [-0.25, -0.2) is 0 Å². The van der Waals surface area contributed by atoms with Crippen LogP contribution in [-0.4, -0.2) is 20.3 Å². The van der Waals surface area contributed by atoms with Gasteiger partial charge in [0.15, 0.2) is 0 Å². The summed E-state index contributed by atoms with van der Waals surface area (Å²) >= 11 is 0. The smallest absolute Gasteiger partial charge is 0.0338 e. The molecule has 0 atom stereocenters. The Kier molecular flexibility index (Phi) is 4.17. The molecule has 0 heterocycles. The molecule has 0 amide bonds. The Morgan fingerprint density at radius 1 is 1.88 bits per heavy atom. The molecule has 0 rings (SSSR count). The maximum atomic E-state index is 3.70. The van der Waals surface area contributed by atoms with Crippen molar-refractivity contribution in [3.05, 3.63) is 11.8 Å². The van der Waals surface area contributed by atoms with Crippen molar-refractivity contribution in [1.82, 2.24) is 5.32 Å². The molecule has 0 aliphatic rings. The number of nitrogens with one attached hydrogen (secondary N) is 1. The maximum Gasteiger partial charge on any atom is 0.0338 e. The molecule has 2 heteroatoms. The highest BCUT2D eigenvalue weighted by Crippen LogP contribution is 1.88. The van der Waals surface area contributed by atoms with E-state index in [1.165, 1.54) is 0 Å². The van der Waals surface area contributed by atoms with Gasteiger partial charge in [-0.05, 0) is 26.8 Å². The quantitative estimate of drug-likeness (QED) is 0.537. The highest BCUT2D eigenvalue weighted by atomic mass is 14.8. The SMILES string of the molecule is C=N/C(C)=C\CNC. The average Bonchev–Trinajstić information content (AvgIpc) is 1.83. The molecule has 0 aromatic rings. The van der Waals surface area contributed by atoms with E-state index < -0.39 is 0 Å². The highest BCUT2D eigenvalue weighted by Gasteiger charge is 1.75. The average molecular weight is 112 g/mol. The van der Waals surface area contributed by atoms with Gasteiger partial charge in [0, 0.05) is 12.2 Å². The van der Waals surface area contributed by atoms with E-state index in [0.717, 1.165) is 12.2 Å². The van der Waals surface area contributed by atoms with Gasteiger partial charge in [0.05, 0.1) is 0 Å². The lowest BCUT2D eigenvalue weighted by atomic mass is 10.4. The van der Waals surface area contributed by atoms with E-state index in [1.807, 2.05) is 20.0 Å². The Bertz CT molecular complexity index is 94.7. The summed E-state index contributed by atoms with van der Waals surface area (Å²) in [4.78, 5) is 3.70. The van der Waals surface area contributed by atoms with Crippen molar-refractivity contribution in [1.29, 1.82) is 0 Å². The first kappa shape index (κ1) is 7.37. The molecular formula is C6H12N2. The molecule has 8 heavy (non-hydrogen) atoms. The van der Waals surface area contributed by atoms with Gasteiger partial charge >= 0.3 is 0 Å². The van der Waals surface area contributed by atoms with Gasteiger partial charge in [0.25, 0.3) is 0 Å². The topological polar surface area (TPSA) is 24.4 Å². The highest BCUT2D eigenvalue weighted by molar-refractivity contribution is 5.28. The second kappa shape index (κ2) is 4.53. The van der Waals surface area contributed by atoms with Crippen molar-refractivity contribution in [3.8, 4) is 0 Å². The summed E-state index contributed by atoms with van der Waals surface area (Å²) in [6.45, 7) is 6.15. The summed E-state index contributed by atoms with van der Waals surface area (Å²) in [5.41, 5.74) is 0.972. The largest absolute Gasteiger partial charge is 0.316 e. The zero-order valence-corrected chi connectivity index (χ0v) is 5.44. The number of rotatable bonds is 3. The Morgan fingerprint density at radius 3 is 2.88 bits per heavy atom. The molecule has 0 aromatic heterocycles. The number of aliphatic imine (C=N–C) groups is 1. The monoisotopic (exact) mass is 112 g/mol. The molecule has 0 saturated carbocycles. The Hall–Kier alpha value is -0.630. The van der Waals surface area contributed by atoms with Gasteiger partial charge in [-0.2, -0.15) is 0 Å². The number of nitrogens with zero attached hydrogens (tertiary/aromatic N) is 1. The van der Waals surface area contributed by atoms with Crippen LogP contribution in [0, 0.1) is 0 Å². The molecule has 0 bridgehead atoms. The second-order valence-electron chi connectivity index (χ2n) is 1.56. The second-order valence-corrected chi connectivity index (χ2v) is 1.56. The third-order valence-corrected chi connectivity index (χ3v) is 0.851. The first-order chi connectivity index (χ1) is 3.81. The zero-order valence-electron chi connectivity index (χ0n) is 5.44. The van der Waals surface area contributed by atoms with Crippen molar-refractivity contribution in [2.75, 3.05) is 13.6 Å². The lowest BCUT2D eigenvalue weighted by Crippen LogP contribution is -2.04. The fraction of sp³-hybridized carbons (Fsp3) is 0.500. The zero-order chi connectivity index (χ0) is 6.41. The lowest BCUT2D eigenvalue weighted by molar-refractivity contribution is 0.911. The molecule has 0 radical (unpaired) electrons. The third kappa shape index (κ3) is 3.56. The molecule has 46 valence electrons. The van der Waals surface area contributed by atoms with Crippen LogP contribution in [0.5, 0.6) is 0 Å². The van der Waals surface area contributed by atoms with Crippen molar-refractivity contribution in [2.24, 2.45) is 4.99 Å². The molecule has 0 aliphatic carbocycles. The minimum Gasteiger partial charge on any atom is -0.316 e. The van der Waals surface area contributed by atoms with E-state index in [-0.39, 0.29) is 0 Å². The Balaban J connectivity index is 3.40. The normalized spacial score (nSPS) is 11.5. The van der Waals surface area contributed by atoms with E-state index in [4.69, 9.17) is 0 Å². The van der Waals surface area contributed by atoms with E-state index in [1.54, 1.807) is 0 Å². The van der Waals surface area contributed by atoms with E-state index in [9.17, 15) is 0 Å². The van der Waals surface area contributed by atoms with E-state index in [0.29, 0.717) is 0 Å². The fourth-order valence-corrected chi connectivity index (χ4v) is 0.314. The molecule has 0 unspecified atom stereocenters. The van der Waals surface area contributed by atoms with Crippen LogP contribution in [0.15, 0.2) is 16.8 Å². The van der Waals surface area contributed by atoms with Crippen LogP contribution in [-0.2, 0) is 0 Å². The molecule has 0 aliphatic heterocycles. The lowest BCUT2D eigenvalue weighted by Gasteiger charge is -1.89. The summed E-state index contributed by atoms with van der Waals surface area (Å²) in [5, 5.41) is 2.97. The van der Waals surface area contributed by atoms with Gasteiger partial charge in [0.1, 0.15) is 0 Å². The van der Waals surface area contributed by atoms with Crippen molar-refractivity contribution in [2.45, 2.75) is 6.92 Å². The summed E-state index contributed by atoms with van der Waals surface area (Å²) in [6.07, 6.45) is 1.98. The van der Waals surface area contributed by atoms with Crippen LogP contribution in [0.3, 0.4) is 0 Å². The molecule has 2 nitrogen and oxygen atoms in total. The third-order valence-electron chi connectivity index (χ3n) is 0.851. The van der Waals surface area contributed by atoms with Crippen LogP contribution in [0.2, 0.25) is 0 Å². The van der Waals surface area contributed by atoms with Gasteiger partial charge in [-0.1, -0.05) is 0 Å². The Labute approximate surface area is 50.3 Å². The minimum atomic E-state index is 0.866.